The van der Waals surface area contributed by atoms with Crippen LogP contribution in [0, 0.1) is 12.8 Å². The molecular formula is C34H36N10O2. The number of nitrogens with one attached hydrogen (secondary N) is 4. The molecule has 0 aromatic carbocycles. The first-order chi connectivity index (χ1) is 22.3. The minimum Gasteiger partial charge on any atom is -0.309 e. The number of hydrogen-bond acceptors (Lipinski definition) is 6. The van der Waals surface area contributed by atoms with Gasteiger partial charge in [0.05, 0.1) is 23.2 Å². The number of nitrogens with zero attached hydrogens (tertiary/aromatic N) is 6. The molecule has 6 heterocycles. The molecule has 0 bridgehead atoms. The maximum absolute atomic E-state index is 13.0. The second-order valence-corrected chi connectivity index (χ2v) is 13.0. The van der Waals surface area contributed by atoms with Gasteiger partial charge in [0.1, 0.15) is 11.3 Å². The molecule has 2 amide bonds. The summed E-state index contributed by atoms with van der Waals surface area (Å²) in [6, 6.07) is 12.0. The molecule has 12 nitrogen and oxygen atoms in total. The number of rotatable bonds is 10. The first-order valence-electron chi connectivity index (χ1n) is 15.9. The number of aromatic amines is 2. The van der Waals surface area contributed by atoms with E-state index in [0.29, 0.717) is 29.4 Å². The van der Waals surface area contributed by atoms with Crippen molar-refractivity contribution >= 4 is 34.7 Å². The van der Waals surface area contributed by atoms with Gasteiger partial charge >= 0.3 is 0 Å². The first-order valence-corrected chi connectivity index (χ1v) is 15.9. The summed E-state index contributed by atoms with van der Waals surface area (Å²) in [5.74, 6) is 1.36. The Balaban J connectivity index is 0.868. The van der Waals surface area contributed by atoms with Crippen molar-refractivity contribution in [2.45, 2.75) is 70.1 Å². The normalized spacial score (nSPS) is 18.9. The second kappa shape index (κ2) is 11.0. The highest BCUT2D eigenvalue weighted by Gasteiger charge is 2.39. The van der Waals surface area contributed by atoms with E-state index < -0.39 is 11.8 Å². The lowest BCUT2D eigenvalue weighted by atomic mass is 10.1. The van der Waals surface area contributed by atoms with Crippen LogP contribution in [0.3, 0.4) is 0 Å². The van der Waals surface area contributed by atoms with Crippen LogP contribution in [0.15, 0.2) is 61.2 Å². The topological polar surface area (TPSA) is 150 Å². The number of carbonyl (C=O) groups is 2. The van der Waals surface area contributed by atoms with E-state index in [2.05, 4.69) is 48.3 Å². The molecule has 12 heteroatoms. The van der Waals surface area contributed by atoms with E-state index in [1.165, 1.54) is 18.4 Å². The Labute approximate surface area is 265 Å². The molecule has 6 aromatic heterocycles. The summed E-state index contributed by atoms with van der Waals surface area (Å²) >= 11 is 0. The zero-order valence-corrected chi connectivity index (χ0v) is 26.0. The van der Waals surface area contributed by atoms with Crippen LogP contribution in [0.5, 0.6) is 0 Å². The van der Waals surface area contributed by atoms with Crippen molar-refractivity contribution in [3.8, 4) is 0 Å². The van der Waals surface area contributed by atoms with E-state index in [1.807, 2.05) is 78.5 Å². The Morgan fingerprint density at radius 1 is 0.848 bits per heavy atom. The van der Waals surface area contributed by atoms with Gasteiger partial charge in [-0.2, -0.15) is 10.2 Å². The summed E-state index contributed by atoms with van der Waals surface area (Å²) in [6.45, 7) is 5.74. The molecule has 0 radical (unpaired) electrons. The molecule has 4 N–H and O–H groups in total. The van der Waals surface area contributed by atoms with Crippen LogP contribution in [-0.2, 0) is 16.0 Å². The van der Waals surface area contributed by atoms with Crippen LogP contribution < -0.4 is 10.6 Å². The fourth-order valence-corrected chi connectivity index (χ4v) is 6.19. The molecule has 3 unspecified atom stereocenters. The van der Waals surface area contributed by atoms with Crippen molar-refractivity contribution in [3.63, 3.8) is 0 Å². The van der Waals surface area contributed by atoms with E-state index in [0.717, 1.165) is 52.5 Å². The van der Waals surface area contributed by atoms with Crippen molar-refractivity contribution < 1.29 is 9.59 Å². The molecule has 234 valence electrons. The number of H-pyrrole nitrogens is 2. The van der Waals surface area contributed by atoms with Gasteiger partial charge in [0, 0.05) is 60.1 Å². The minimum absolute atomic E-state index is 0.131. The first kappa shape index (κ1) is 28.2. The largest absolute Gasteiger partial charge is 0.309 e. The van der Waals surface area contributed by atoms with Crippen molar-refractivity contribution in [2.75, 3.05) is 10.6 Å². The highest BCUT2D eigenvalue weighted by molar-refractivity contribution is 5.95. The monoisotopic (exact) mass is 616 g/mol. The highest BCUT2D eigenvalue weighted by Crippen LogP contribution is 2.49. The summed E-state index contributed by atoms with van der Waals surface area (Å²) in [7, 11) is 0. The molecule has 0 aliphatic heterocycles. The average molecular weight is 617 g/mol. The lowest BCUT2D eigenvalue weighted by Gasteiger charge is -2.07. The number of pyridine rings is 2. The molecule has 46 heavy (non-hydrogen) atoms. The lowest BCUT2D eigenvalue weighted by molar-refractivity contribution is -0.118. The van der Waals surface area contributed by atoms with Crippen LogP contribution in [0.4, 0.5) is 11.6 Å². The van der Waals surface area contributed by atoms with Gasteiger partial charge in [0.15, 0.2) is 11.6 Å². The third-order valence-corrected chi connectivity index (χ3v) is 9.37. The van der Waals surface area contributed by atoms with Gasteiger partial charge in [0.25, 0.3) is 0 Å². The van der Waals surface area contributed by atoms with E-state index in [4.69, 9.17) is 4.98 Å². The fourth-order valence-electron chi connectivity index (χ4n) is 6.19. The molecule has 0 spiro atoms. The van der Waals surface area contributed by atoms with Crippen LogP contribution in [-0.4, -0.2) is 51.0 Å². The van der Waals surface area contributed by atoms with Crippen LogP contribution >= 0.6 is 0 Å². The maximum Gasteiger partial charge on any atom is 0.234 e. The van der Waals surface area contributed by atoms with E-state index >= 15 is 0 Å². The highest BCUT2D eigenvalue weighted by atomic mass is 16.2. The lowest BCUT2D eigenvalue weighted by Crippen LogP contribution is -2.19. The predicted octanol–water partition coefficient (Wildman–Crippen LogP) is 5.44. The van der Waals surface area contributed by atoms with Gasteiger partial charge in [-0.1, -0.05) is 6.07 Å². The molecule has 2 fully saturated rings. The molecule has 0 saturated heterocycles. The van der Waals surface area contributed by atoms with Gasteiger partial charge in [-0.15, -0.1) is 0 Å². The number of imidazole rings is 2. The molecule has 4 atom stereocenters. The number of fused-ring (bicyclic) bond motifs is 2. The zero-order chi connectivity index (χ0) is 31.5. The van der Waals surface area contributed by atoms with Crippen molar-refractivity contribution in [1.29, 1.82) is 0 Å². The number of hydrogen-bond donors (Lipinski definition) is 4. The van der Waals surface area contributed by atoms with Crippen molar-refractivity contribution in [2.24, 2.45) is 5.92 Å². The third kappa shape index (κ3) is 5.55. The molecule has 2 saturated carbocycles. The Kier molecular flexibility index (Phi) is 6.73. The van der Waals surface area contributed by atoms with Gasteiger partial charge in [-0.3, -0.25) is 19.8 Å². The average Bonchev–Trinajstić information content (AvgIpc) is 3.76. The van der Waals surface area contributed by atoms with Crippen LogP contribution in [0.1, 0.15) is 90.7 Å². The number of anilines is 2. The Hall–Kier alpha value is -5.26. The minimum atomic E-state index is -0.418. The summed E-state index contributed by atoms with van der Waals surface area (Å²) in [4.78, 5) is 35.3. The van der Waals surface area contributed by atoms with Crippen LogP contribution in [0.2, 0.25) is 0 Å². The molecule has 2 aliphatic rings. The van der Waals surface area contributed by atoms with Gasteiger partial charge in [-0.05, 0) is 81.7 Å². The number of carbonyl (C=O) groups excluding carboxylic acids is 2. The fraction of sp³-hybridized carbons (Fsp3) is 0.353. The summed E-state index contributed by atoms with van der Waals surface area (Å²) in [6.07, 6.45) is 12.2. The SMILES string of the molecule is Cc1ccn2cc([C@@H](C)C(=O)Nc3cc(C4CC4Cc4ccc5nc(C(C)C(=O)Nc6cc(C7CC7)[nH]n6)cn5c4)[nH]n3)nc2c1. The number of amides is 2. The van der Waals surface area contributed by atoms with Gasteiger partial charge in [0.2, 0.25) is 11.8 Å². The third-order valence-electron chi connectivity index (χ3n) is 9.37. The van der Waals surface area contributed by atoms with Gasteiger partial charge < -0.3 is 19.4 Å². The standard InChI is InChI=1S/C34H36N10O2/c1-18-8-9-43-16-27(36-32(43)10-18)19(2)33(45)38-30-14-26(40-42-30)24-12-23(24)11-21-4-7-31-35-28(17-44(31)15-21)20(3)34(46)37-29-13-25(39-41-29)22-5-6-22/h4,7-10,13-17,19-20,22-24H,5-6,11-12H2,1-3H3,(H2,37,39,41,46)(H2,38,40,42,45)/t19-,20?,23?,24?/m1/s1. The quantitative estimate of drug-likeness (QED) is 0.161. The summed E-state index contributed by atoms with van der Waals surface area (Å²) < 4.78 is 3.93. The van der Waals surface area contributed by atoms with Crippen molar-refractivity contribution in [1.82, 2.24) is 39.2 Å². The maximum atomic E-state index is 13.0. The smallest absolute Gasteiger partial charge is 0.234 e. The Bertz CT molecular complexity index is 2100. The Morgan fingerprint density at radius 3 is 2.22 bits per heavy atom. The molecule has 8 rings (SSSR count). The van der Waals surface area contributed by atoms with Crippen molar-refractivity contribution in [3.05, 3.63) is 95.1 Å². The predicted molar refractivity (Wildman–Crippen MR) is 173 cm³/mol. The van der Waals surface area contributed by atoms with Crippen LogP contribution in [0.25, 0.3) is 11.3 Å². The van der Waals surface area contributed by atoms with Gasteiger partial charge in [-0.25, -0.2) is 9.97 Å². The summed E-state index contributed by atoms with van der Waals surface area (Å²) in [5, 5.41) is 20.6. The van der Waals surface area contributed by atoms with E-state index in [1.54, 1.807) is 0 Å². The second-order valence-electron chi connectivity index (χ2n) is 13.0. The van der Waals surface area contributed by atoms with E-state index in [9.17, 15) is 9.59 Å². The van der Waals surface area contributed by atoms with E-state index in [-0.39, 0.29) is 11.8 Å². The molecule has 2 aliphatic carbocycles. The summed E-state index contributed by atoms with van der Waals surface area (Å²) in [5.41, 5.74) is 7.52. The number of aromatic nitrogens is 8. The Morgan fingerprint density at radius 2 is 1.50 bits per heavy atom. The molecule has 6 aromatic rings. The zero-order valence-electron chi connectivity index (χ0n) is 26.0. The number of aryl methyl sites for hydroxylation is 1. The molecular weight excluding hydrogens is 580 g/mol.